The number of hydrogen-bond acceptors (Lipinski definition) is 8. The predicted molar refractivity (Wildman–Crippen MR) is 114 cm³/mol. The standard InChI is InChI=1S/C21H24N6O3/c1-15-25-19(13-20(26-15)27-18-9-5-6-10-22-18)23-11-12-24-21(28)14-30-17-8-4-3-7-16(17)29-2/h3-10,13H,11-12,14H2,1-2H3,(H,24,28)(H2,22,23,25,26,27). The average molecular weight is 408 g/mol. The summed E-state index contributed by atoms with van der Waals surface area (Å²) in [6.45, 7) is 2.64. The summed E-state index contributed by atoms with van der Waals surface area (Å²) >= 11 is 0. The van der Waals surface area contributed by atoms with Gasteiger partial charge < -0.3 is 25.4 Å². The van der Waals surface area contributed by atoms with Gasteiger partial charge in [0.15, 0.2) is 18.1 Å². The van der Waals surface area contributed by atoms with Gasteiger partial charge in [0.05, 0.1) is 7.11 Å². The molecule has 2 aromatic heterocycles. The van der Waals surface area contributed by atoms with Crippen molar-refractivity contribution in [1.82, 2.24) is 20.3 Å². The highest BCUT2D eigenvalue weighted by atomic mass is 16.5. The minimum absolute atomic E-state index is 0.0921. The molecule has 9 nitrogen and oxygen atoms in total. The molecule has 0 saturated carbocycles. The Labute approximate surface area is 174 Å². The third-order valence-electron chi connectivity index (χ3n) is 3.94. The molecule has 0 saturated heterocycles. The number of methoxy groups -OCH3 is 1. The van der Waals surface area contributed by atoms with Crippen molar-refractivity contribution < 1.29 is 14.3 Å². The number of nitrogens with one attached hydrogen (secondary N) is 3. The third-order valence-corrected chi connectivity index (χ3v) is 3.94. The maximum Gasteiger partial charge on any atom is 0.258 e. The van der Waals surface area contributed by atoms with Crippen LogP contribution in [0.2, 0.25) is 0 Å². The Balaban J connectivity index is 1.43. The van der Waals surface area contributed by atoms with Gasteiger partial charge >= 0.3 is 0 Å². The van der Waals surface area contributed by atoms with E-state index in [1.807, 2.05) is 37.3 Å². The average Bonchev–Trinajstić information content (AvgIpc) is 2.76. The van der Waals surface area contributed by atoms with Gasteiger partial charge in [0.2, 0.25) is 0 Å². The molecule has 9 heteroatoms. The van der Waals surface area contributed by atoms with Crippen LogP contribution in [0.5, 0.6) is 11.5 Å². The monoisotopic (exact) mass is 408 g/mol. The first-order valence-electron chi connectivity index (χ1n) is 9.44. The lowest BCUT2D eigenvalue weighted by molar-refractivity contribution is -0.123. The number of carbonyl (C=O) groups excluding carboxylic acids is 1. The number of rotatable bonds is 10. The molecule has 156 valence electrons. The first kappa shape index (κ1) is 20.8. The van der Waals surface area contributed by atoms with Crippen LogP contribution in [0.15, 0.2) is 54.7 Å². The van der Waals surface area contributed by atoms with Crippen molar-refractivity contribution in [2.24, 2.45) is 0 Å². The van der Waals surface area contributed by atoms with E-state index in [1.54, 1.807) is 31.5 Å². The largest absolute Gasteiger partial charge is 0.493 e. The maximum absolute atomic E-state index is 12.0. The fourth-order valence-electron chi connectivity index (χ4n) is 2.62. The summed E-state index contributed by atoms with van der Waals surface area (Å²) in [5.41, 5.74) is 0. The highest BCUT2D eigenvalue weighted by Gasteiger charge is 2.07. The maximum atomic E-state index is 12.0. The summed E-state index contributed by atoms with van der Waals surface area (Å²) in [6, 6.07) is 14.6. The van der Waals surface area contributed by atoms with E-state index in [9.17, 15) is 4.79 Å². The molecule has 3 rings (SSSR count). The van der Waals surface area contributed by atoms with Crippen molar-refractivity contribution >= 4 is 23.4 Å². The van der Waals surface area contributed by atoms with Crippen LogP contribution < -0.4 is 25.4 Å². The number of para-hydroxylation sites is 2. The summed E-state index contributed by atoms with van der Waals surface area (Å²) in [7, 11) is 1.56. The first-order chi connectivity index (χ1) is 14.6. The molecule has 0 aliphatic heterocycles. The van der Waals surface area contributed by atoms with Crippen LogP contribution in [0.3, 0.4) is 0 Å². The van der Waals surface area contributed by atoms with E-state index in [2.05, 4.69) is 30.9 Å². The van der Waals surface area contributed by atoms with Crippen LogP contribution in [0.25, 0.3) is 0 Å². The van der Waals surface area contributed by atoms with Crippen molar-refractivity contribution in [1.29, 1.82) is 0 Å². The molecule has 3 N–H and O–H groups in total. The van der Waals surface area contributed by atoms with Gasteiger partial charge in [-0.15, -0.1) is 0 Å². The molecule has 1 amide bonds. The number of hydrogen-bond donors (Lipinski definition) is 3. The zero-order chi connectivity index (χ0) is 21.2. The molecule has 1 aromatic carbocycles. The normalized spacial score (nSPS) is 10.2. The van der Waals surface area contributed by atoms with Gasteiger partial charge in [-0.05, 0) is 31.2 Å². The van der Waals surface area contributed by atoms with E-state index in [0.29, 0.717) is 47.9 Å². The van der Waals surface area contributed by atoms with Crippen LogP contribution in [-0.4, -0.2) is 47.7 Å². The first-order valence-corrected chi connectivity index (χ1v) is 9.44. The molecule has 30 heavy (non-hydrogen) atoms. The van der Waals surface area contributed by atoms with Gasteiger partial charge in [-0.3, -0.25) is 4.79 Å². The van der Waals surface area contributed by atoms with Crippen molar-refractivity contribution in [2.45, 2.75) is 6.92 Å². The van der Waals surface area contributed by atoms with E-state index < -0.39 is 0 Å². The number of anilines is 3. The van der Waals surface area contributed by atoms with Crippen LogP contribution >= 0.6 is 0 Å². The molecule has 2 heterocycles. The minimum atomic E-state index is -0.223. The van der Waals surface area contributed by atoms with E-state index in [0.717, 1.165) is 0 Å². The number of nitrogens with zero attached hydrogens (tertiary/aromatic N) is 3. The predicted octanol–water partition coefficient (Wildman–Crippen LogP) is 2.54. The minimum Gasteiger partial charge on any atom is -0.493 e. The molecule has 0 spiro atoms. The second-order valence-corrected chi connectivity index (χ2v) is 6.24. The van der Waals surface area contributed by atoms with E-state index >= 15 is 0 Å². The van der Waals surface area contributed by atoms with E-state index in [-0.39, 0.29) is 12.5 Å². The second kappa shape index (κ2) is 10.6. The second-order valence-electron chi connectivity index (χ2n) is 6.24. The zero-order valence-electron chi connectivity index (χ0n) is 16.9. The molecule has 0 bridgehead atoms. The van der Waals surface area contributed by atoms with Gasteiger partial charge in [-0.1, -0.05) is 18.2 Å². The van der Waals surface area contributed by atoms with Crippen molar-refractivity contribution in [2.75, 3.05) is 37.4 Å². The molecule has 0 aliphatic rings. The molecule has 0 radical (unpaired) electrons. The number of carbonyl (C=O) groups is 1. The molecular weight excluding hydrogens is 384 g/mol. The smallest absolute Gasteiger partial charge is 0.258 e. The SMILES string of the molecule is COc1ccccc1OCC(=O)NCCNc1cc(Nc2ccccn2)nc(C)n1. The van der Waals surface area contributed by atoms with Gasteiger partial charge in [-0.25, -0.2) is 15.0 Å². The van der Waals surface area contributed by atoms with Crippen molar-refractivity contribution in [3.63, 3.8) is 0 Å². The Bertz CT molecular complexity index is 968. The highest BCUT2D eigenvalue weighted by molar-refractivity contribution is 5.77. The summed E-state index contributed by atoms with van der Waals surface area (Å²) in [6.07, 6.45) is 1.70. The van der Waals surface area contributed by atoms with Crippen molar-refractivity contribution in [3.05, 3.63) is 60.6 Å². The number of amides is 1. The van der Waals surface area contributed by atoms with Gasteiger partial charge in [0.1, 0.15) is 23.3 Å². The van der Waals surface area contributed by atoms with Crippen LogP contribution in [0.1, 0.15) is 5.82 Å². The lowest BCUT2D eigenvalue weighted by atomic mass is 10.3. The lowest BCUT2D eigenvalue weighted by Crippen LogP contribution is -2.32. The summed E-state index contributed by atoms with van der Waals surface area (Å²) in [5, 5.41) is 9.10. The fraction of sp³-hybridized carbons (Fsp3) is 0.238. The Morgan fingerprint density at radius 3 is 2.50 bits per heavy atom. The summed E-state index contributed by atoms with van der Waals surface area (Å²) in [4.78, 5) is 24.9. The van der Waals surface area contributed by atoms with Gasteiger partial charge in [-0.2, -0.15) is 0 Å². The summed E-state index contributed by atoms with van der Waals surface area (Å²) < 4.78 is 10.7. The molecular formula is C21H24N6O3. The molecule has 0 aliphatic carbocycles. The number of aromatic nitrogens is 3. The molecule has 0 unspecified atom stereocenters. The zero-order valence-corrected chi connectivity index (χ0v) is 16.9. The van der Waals surface area contributed by atoms with Crippen molar-refractivity contribution in [3.8, 4) is 11.5 Å². The van der Waals surface area contributed by atoms with Gasteiger partial charge in [0.25, 0.3) is 5.91 Å². The topological polar surface area (TPSA) is 110 Å². The molecule has 0 atom stereocenters. The van der Waals surface area contributed by atoms with Crippen LogP contribution in [-0.2, 0) is 4.79 Å². The molecule has 3 aromatic rings. The van der Waals surface area contributed by atoms with Crippen LogP contribution in [0, 0.1) is 6.92 Å². The van der Waals surface area contributed by atoms with Gasteiger partial charge in [0, 0.05) is 25.4 Å². The lowest BCUT2D eigenvalue weighted by Gasteiger charge is -2.12. The number of benzene rings is 1. The number of pyridine rings is 1. The number of ether oxygens (including phenoxy) is 2. The van der Waals surface area contributed by atoms with E-state index in [1.165, 1.54) is 0 Å². The Morgan fingerprint density at radius 2 is 1.73 bits per heavy atom. The number of aryl methyl sites for hydroxylation is 1. The van der Waals surface area contributed by atoms with E-state index in [4.69, 9.17) is 9.47 Å². The van der Waals surface area contributed by atoms with Crippen LogP contribution in [0.4, 0.5) is 17.5 Å². The Morgan fingerprint density at radius 1 is 0.967 bits per heavy atom. The molecule has 0 fully saturated rings. The quantitative estimate of drug-likeness (QED) is 0.439. The fourth-order valence-corrected chi connectivity index (χ4v) is 2.62. The third kappa shape index (κ3) is 6.33. The Kier molecular flexibility index (Phi) is 7.37. The summed E-state index contributed by atoms with van der Waals surface area (Å²) in [5.74, 6) is 3.49. The highest BCUT2D eigenvalue weighted by Crippen LogP contribution is 2.25. The Hall–Kier alpha value is -3.88.